The maximum absolute atomic E-state index is 12.2. The molecule has 26 heavy (non-hydrogen) atoms. The van der Waals surface area contributed by atoms with Crippen molar-refractivity contribution < 1.29 is 19.1 Å². The van der Waals surface area contributed by atoms with Gasteiger partial charge in [-0.25, -0.2) is 0 Å². The van der Waals surface area contributed by atoms with Crippen LogP contribution in [0, 0.1) is 13.8 Å². The fourth-order valence-electron chi connectivity index (χ4n) is 2.38. The Labute approximate surface area is 153 Å². The second-order valence-electron chi connectivity index (χ2n) is 5.91. The number of hydrogen-bond donors (Lipinski definition) is 2. The molecule has 0 aliphatic rings. The molecule has 0 saturated carbocycles. The minimum Gasteiger partial charge on any atom is -0.497 e. The third-order valence-electron chi connectivity index (χ3n) is 4.08. The molecule has 2 amide bonds. The molecule has 0 aliphatic carbocycles. The monoisotopic (exact) mass is 356 g/mol. The van der Waals surface area contributed by atoms with E-state index in [0.29, 0.717) is 35.7 Å². The first-order valence-electron chi connectivity index (χ1n) is 8.31. The number of rotatable bonds is 7. The first kappa shape index (κ1) is 19.3. The number of benzene rings is 2. The summed E-state index contributed by atoms with van der Waals surface area (Å²) in [5, 5.41) is 5.56. The van der Waals surface area contributed by atoms with Crippen molar-refractivity contribution in [3.05, 3.63) is 58.7 Å². The normalized spacial score (nSPS) is 10.2. The summed E-state index contributed by atoms with van der Waals surface area (Å²) in [6.07, 6.45) is 0. The van der Waals surface area contributed by atoms with Gasteiger partial charge in [0.05, 0.1) is 14.2 Å². The molecule has 6 heteroatoms. The molecule has 0 heterocycles. The van der Waals surface area contributed by atoms with Crippen LogP contribution in [0.3, 0.4) is 0 Å². The van der Waals surface area contributed by atoms with Crippen LogP contribution in [0.5, 0.6) is 11.5 Å². The van der Waals surface area contributed by atoms with Crippen molar-refractivity contribution in [3.8, 4) is 11.5 Å². The van der Waals surface area contributed by atoms with Crippen molar-refractivity contribution in [2.24, 2.45) is 0 Å². The molecule has 2 N–H and O–H groups in total. The molecule has 0 radical (unpaired) electrons. The Morgan fingerprint density at radius 2 is 1.31 bits per heavy atom. The molecule has 0 saturated heterocycles. The second-order valence-corrected chi connectivity index (χ2v) is 5.91. The molecule has 0 atom stereocenters. The average molecular weight is 356 g/mol. The van der Waals surface area contributed by atoms with Gasteiger partial charge >= 0.3 is 0 Å². The van der Waals surface area contributed by atoms with Gasteiger partial charge in [-0.3, -0.25) is 9.59 Å². The predicted molar refractivity (Wildman–Crippen MR) is 100 cm³/mol. The van der Waals surface area contributed by atoms with Gasteiger partial charge in [-0.05, 0) is 49.2 Å². The van der Waals surface area contributed by atoms with E-state index in [4.69, 9.17) is 9.47 Å². The van der Waals surface area contributed by atoms with Gasteiger partial charge in [-0.15, -0.1) is 0 Å². The van der Waals surface area contributed by atoms with E-state index < -0.39 is 0 Å². The van der Waals surface area contributed by atoms with Crippen LogP contribution in [-0.2, 0) is 0 Å². The van der Waals surface area contributed by atoms with E-state index >= 15 is 0 Å². The van der Waals surface area contributed by atoms with Crippen LogP contribution < -0.4 is 20.1 Å². The maximum atomic E-state index is 12.2. The number of ether oxygens (including phenoxy) is 2. The number of carbonyl (C=O) groups is 2. The Balaban J connectivity index is 1.86. The van der Waals surface area contributed by atoms with Crippen molar-refractivity contribution in [2.45, 2.75) is 13.8 Å². The molecule has 0 bridgehead atoms. The molecule has 0 unspecified atom stereocenters. The summed E-state index contributed by atoms with van der Waals surface area (Å²) in [6.45, 7) is 4.61. The van der Waals surface area contributed by atoms with E-state index in [9.17, 15) is 9.59 Å². The molecule has 0 fully saturated rings. The summed E-state index contributed by atoms with van der Waals surface area (Å²) in [5.74, 6) is 0.656. The van der Waals surface area contributed by atoms with Crippen molar-refractivity contribution in [1.82, 2.24) is 10.6 Å². The lowest BCUT2D eigenvalue weighted by Gasteiger charge is -2.10. The fraction of sp³-hybridized carbons (Fsp3) is 0.300. The zero-order chi connectivity index (χ0) is 19.1. The van der Waals surface area contributed by atoms with Crippen molar-refractivity contribution in [1.29, 1.82) is 0 Å². The summed E-state index contributed by atoms with van der Waals surface area (Å²) >= 11 is 0. The molecule has 138 valence electrons. The molecule has 0 aliphatic heterocycles. The van der Waals surface area contributed by atoms with Gasteiger partial charge in [-0.2, -0.15) is 0 Å². The topological polar surface area (TPSA) is 76.7 Å². The van der Waals surface area contributed by atoms with E-state index in [1.54, 1.807) is 24.3 Å². The summed E-state index contributed by atoms with van der Waals surface area (Å²) in [7, 11) is 3.05. The Kier molecular flexibility index (Phi) is 6.60. The first-order valence-corrected chi connectivity index (χ1v) is 8.31. The van der Waals surface area contributed by atoms with Gasteiger partial charge in [0.2, 0.25) is 0 Å². The van der Waals surface area contributed by atoms with Gasteiger partial charge in [-0.1, -0.05) is 6.07 Å². The average Bonchev–Trinajstić information content (AvgIpc) is 2.66. The van der Waals surface area contributed by atoms with Crippen molar-refractivity contribution >= 4 is 11.8 Å². The fourth-order valence-corrected chi connectivity index (χ4v) is 2.38. The van der Waals surface area contributed by atoms with Crippen LogP contribution in [0.2, 0.25) is 0 Å². The van der Waals surface area contributed by atoms with E-state index in [1.807, 2.05) is 26.0 Å². The largest absolute Gasteiger partial charge is 0.497 e. The highest BCUT2D eigenvalue weighted by molar-refractivity contribution is 5.95. The zero-order valence-electron chi connectivity index (χ0n) is 15.5. The van der Waals surface area contributed by atoms with E-state index in [0.717, 1.165) is 11.1 Å². The minimum absolute atomic E-state index is 0.162. The van der Waals surface area contributed by atoms with E-state index in [-0.39, 0.29) is 11.8 Å². The quantitative estimate of drug-likeness (QED) is 0.747. The SMILES string of the molecule is COc1cc(OC)cc(C(=O)NCCNC(=O)c2ccc(C)c(C)c2)c1. The Hall–Kier alpha value is -3.02. The molecule has 0 aromatic heterocycles. The lowest BCUT2D eigenvalue weighted by molar-refractivity contribution is 0.0927. The summed E-state index contributed by atoms with van der Waals surface area (Å²) in [4.78, 5) is 24.4. The van der Waals surface area contributed by atoms with Gasteiger partial charge in [0, 0.05) is 30.3 Å². The van der Waals surface area contributed by atoms with Crippen molar-refractivity contribution in [2.75, 3.05) is 27.3 Å². The standard InChI is InChI=1S/C20H24N2O4/c1-13-5-6-15(9-14(13)2)19(23)21-7-8-22-20(24)16-10-17(25-3)12-18(11-16)26-4/h5-6,9-12H,7-8H2,1-4H3,(H,21,23)(H,22,24). The van der Waals surface area contributed by atoms with Gasteiger partial charge in [0.1, 0.15) is 11.5 Å². The summed E-state index contributed by atoms with van der Waals surface area (Å²) < 4.78 is 10.3. The number of hydrogen-bond acceptors (Lipinski definition) is 4. The maximum Gasteiger partial charge on any atom is 0.251 e. The minimum atomic E-state index is -0.261. The Morgan fingerprint density at radius 1 is 0.769 bits per heavy atom. The molecule has 6 nitrogen and oxygen atoms in total. The third kappa shape index (κ3) is 4.99. The number of amides is 2. The van der Waals surface area contributed by atoms with E-state index in [2.05, 4.69) is 10.6 Å². The summed E-state index contributed by atoms with van der Waals surface area (Å²) in [6, 6.07) is 10.5. The predicted octanol–water partition coefficient (Wildman–Crippen LogP) is 2.48. The highest BCUT2D eigenvalue weighted by Crippen LogP contribution is 2.22. The lowest BCUT2D eigenvalue weighted by Crippen LogP contribution is -2.34. The Morgan fingerprint density at radius 3 is 1.81 bits per heavy atom. The van der Waals surface area contributed by atoms with Crippen LogP contribution in [0.4, 0.5) is 0 Å². The number of nitrogens with one attached hydrogen (secondary N) is 2. The molecular weight excluding hydrogens is 332 g/mol. The van der Waals surface area contributed by atoms with Gasteiger partial charge in [0.15, 0.2) is 0 Å². The molecule has 2 aromatic carbocycles. The van der Waals surface area contributed by atoms with Crippen LogP contribution in [0.1, 0.15) is 31.8 Å². The van der Waals surface area contributed by atoms with Gasteiger partial charge < -0.3 is 20.1 Å². The van der Waals surface area contributed by atoms with Crippen LogP contribution in [0.25, 0.3) is 0 Å². The van der Waals surface area contributed by atoms with E-state index in [1.165, 1.54) is 14.2 Å². The number of aryl methyl sites for hydroxylation is 2. The molecular formula is C20H24N2O4. The third-order valence-corrected chi connectivity index (χ3v) is 4.08. The number of carbonyl (C=O) groups excluding carboxylic acids is 2. The Bertz CT molecular complexity index is 780. The highest BCUT2D eigenvalue weighted by Gasteiger charge is 2.10. The smallest absolute Gasteiger partial charge is 0.251 e. The summed E-state index contributed by atoms with van der Waals surface area (Å²) in [5.41, 5.74) is 3.25. The molecule has 0 spiro atoms. The van der Waals surface area contributed by atoms with Crippen LogP contribution >= 0.6 is 0 Å². The van der Waals surface area contributed by atoms with Crippen LogP contribution in [0.15, 0.2) is 36.4 Å². The lowest BCUT2D eigenvalue weighted by atomic mass is 10.1. The second kappa shape index (κ2) is 8.89. The van der Waals surface area contributed by atoms with Gasteiger partial charge in [0.25, 0.3) is 11.8 Å². The number of methoxy groups -OCH3 is 2. The molecule has 2 aromatic rings. The van der Waals surface area contributed by atoms with Crippen LogP contribution in [-0.4, -0.2) is 39.1 Å². The van der Waals surface area contributed by atoms with Crippen molar-refractivity contribution in [3.63, 3.8) is 0 Å². The zero-order valence-corrected chi connectivity index (χ0v) is 15.5. The first-order chi connectivity index (χ1) is 12.4. The molecule has 2 rings (SSSR count). The highest BCUT2D eigenvalue weighted by atomic mass is 16.5.